The zero-order chi connectivity index (χ0) is 19.0. The van der Waals surface area contributed by atoms with Gasteiger partial charge in [-0.05, 0) is 67.1 Å². The maximum absolute atomic E-state index is 12.7. The summed E-state index contributed by atoms with van der Waals surface area (Å²) in [6.07, 6.45) is 3.83. The molecule has 1 fully saturated rings. The van der Waals surface area contributed by atoms with Gasteiger partial charge >= 0.3 is 0 Å². The van der Waals surface area contributed by atoms with Gasteiger partial charge in [0.2, 0.25) is 5.78 Å². The van der Waals surface area contributed by atoms with E-state index in [9.17, 15) is 4.79 Å². The Balaban J connectivity index is 1.56. The molecule has 0 saturated carbocycles. The first-order valence-corrected chi connectivity index (χ1v) is 9.75. The number of nitrogens with one attached hydrogen (secondary N) is 1. The lowest BCUT2D eigenvalue weighted by molar-refractivity contribution is 0.103. The molecule has 0 aromatic carbocycles. The molecule has 0 unspecified atom stereocenters. The molecular weight excluding hydrogens is 408 g/mol. The number of halogens is 1. The number of pyridine rings is 2. The van der Waals surface area contributed by atoms with E-state index in [0.29, 0.717) is 33.2 Å². The van der Waals surface area contributed by atoms with Gasteiger partial charge in [-0.3, -0.25) is 4.79 Å². The third kappa shape index (κ3) is 3.72. The standard InChI is InChI=1S/C19H21BrN6O/c1-25(2)13-6-9-26(10-7-13)16-4-3-14-18(23-16)24-19(22-14)17(27)12-5-8-21-15(20)11-12/h3-5,8,11,13H,6-7,9-10H2,1-2H3,(H,22,23,24). The van der Waals surface area contributed by atoms with Gasteiger partial charge in [0.1, 0.15) is 15.9 Å². The zero-order valence-electron chi connectivity index (χ0n) is 15.3. The Kier molecular flexibility index (Phi) is 4.92. The zero-order valence-corrected chi connectivity index (χ0v) is 16.9. The number of aromatic amines is 1. The summed E-state index contributed by atoms with van der Waals surface area (Å²) in [4.78, 5) is 33.5. The second-order valence-corrected chi connectivity index (χ2v) is 7.81. The van der Waals surface area contributed by atoms with Crippen molar-refractivity contribution in [3.8, 4) is 0 Å². The molecule has 4 rings (SSSR count). The van der Waals surface area contributed by atoms with Crippen LogP contribution in [0.15, 0.2) is 35.1 Å². The largest absolute Gasteiger partial charge is 0.356 e. The van der Waals surface area contributed by atoms with Crippen LogP contribution in [0.25, 0.3) is 11.2 Å². The average molecular weight is 429 g/mol. The normalized spacial score (nSPS) is 15.6. The molecule has 1 saturated heterocycles. The summed E-state index contributed by atoms with van der Waals surface area (Å²) < 4.78 is 0.617. The number of imidazole rings is 1. The number of carbonyl (C=O) groups is 1. The molecule has 140 valence electrons. The molecule has 0 bridgehead atoms. The highest BCUT2D eigenvalue weighted by Crippen LogP contribution is 2.22. The third-order valence-corrected chi connectivity index (χ3v) is 5.48. The quantitative estimate of drug-likeness (QED) is 0.508. The molecule has 27 heavy (non-hydrogen) atoms. The van der Waals surface area contributed by atoms with Crippen LogP contribution in [0.4, 0.5) is 5.82 Å². The first kappa shape index (κ1) is 18.1. The van der Waals surface area contributed by atoms with Gasteiger partial charge in [0.15, 0.2) is 11.5 Å². The van der Waals surface area contributed by atoms with E-state index >= 15 is 0 Å². The highest BCUT2D eigenvalue weighted by Gasteiger charge is 2.22. The number of fused-ring (bicyclic) bond motifs is 1. The predicted molar refractivity (Wildman–Crippen MR) is 108 cm³/mol. The van der Waals surface area contributed by atoms with Crippen LogP contribution >= 0.6 is 15.9 Å². The lowest BCUT2D eigenvalue weighted by Crippen LogP contribution is -2.42. The molecule has 0 amide bonds. The number of ketones is 1. The van der Waals surface area contributed by atoms with Crippen molar-refractivity contribution in [1.82, 2.24) is 24.8 Å². The molecule has 3 aromatic heterocycles. The fraction of sp³-hybridized carbons (Fsp3) is 0.368. The van der Waals surface area contributed by atoms with Crippen LogP contribution in [0, 0.1) is 0 Å². The van der Waals surface area contributed by atoms with E-state index in [0.717, 1.165) is 31.7 Å². The van der Waals surface area contributed by atoms with Gasteiger partial charge in [-0.1, -0.05) is 0 Å². The van der Waals surface area contributed by atoms with Crippen molar-refractivity contribution in [3.63, 3.8) is 0 Å². The molecule has 1 N–H and O–H groups in total. The number of rotatable bonds is 4. The fourth-order valence-electron chi connectivity index (χ4n) is 3.46. The van der Waals surface area contributed by atoms with Crippen molar-refractivity contribution < 1.29 is 4.79 Å². The summed E-state index contributed by atoms with van der Waals surface area (Å²) >= 11 is 3.29. The van der Waals surface area contributed by atoms with Crippen LogP contribution in [0.3, 0.4) is 0 Å². The highest BCUT2D eigenvalue weighted by molar-refractivity contribution is 9.10. The maximum Gasteiger partial charge on any atom is 0.228 e. The average Bonchev–Trinajstić information content (AvgIpc) is 3.10. The number of H-pyrrole nitrogens is 1. The van der Waals surface area contributed by atoms with Gasteiger partial charge in [-0.2, -0.15) is 0 Å². The summed E-state index contributed by atoms with van der Waals surface area (Å²) in [7, 11) is 4.27. The number of piperidine rings is 1. The lowest BCUT2D eigenvalue weighted by atomic mass is 10.0. The lowest BCUT2D eigenvalue weighted by Gasteiger charge is -2.35. The topological polar surface area (TPSA) is 78.0 Å². The molecule has 0 aliphatic carbocycles. The second kappa shape index (κ2) is 7.36. The van der Waals surface area contributed by atoms with Gasteiger partial charge in [0, 0.05) is 30.9 Å². The van der Waals surface area contributed by atoms with Crippen LogP contribution < -0.4 is 4.90 Å². The first-order valence-electron chi connectivity index (χ1n) is 8.95. The molecule has 1 aliphatic rings. The highest BCUT2D eigenvalue weighted by atomic mass is 79.9. The molecule has 0 radical (unpaired) electrons. The van der Waals surface area contributed by atoms with Crippen molar-refractivity contribution in [2.75, 3.05) is 32.1 Å². The van der Waals surface area contributed by atoms with Crippen LogP contribution in [0.2, 0.25) is 0 Å². The number of anilines is 1. The van der Waals surface area contributed by atoms with Crippen molar-refractivity contribution in [2.24, 2.45) is 0 Å². The minimum Gasteiger partial charge on any atom is -0.356 e. The number of aromatic nitrogens is 4. The SMILES string of the molecule is CN(C)C1CCN(c2ccc3nc(C(=O)c4ccnc(Br)c4)[nH]c3n2)CC1. The molecule has 0 atom stereocenters. The Morgan fingerprint density at radius 1 is 1.22 bits per heavy atom. The van der Waals surface area contributed by atoms with Crippen molar-refractivity contribution >= 4 is 38.7 Å². The van der Waals surface area contributed by atoms with Crippen molar-refractivity contribution in [1.29, 1.82) is 0 Å². The van der Waals surface area contributed by atoms with Gasteiger partial charge < -0.3 is 14.8 Å². The maximum atomic E-state index is 12.7. The summed E-state index contributed by atoms with van der Waals surface area (Å²) in [5.41, 5.74) is 1.86. The Bertz CT molecular complexity index is 977. The molecule has 7 nitrogen and oxygen atoms in total. The third-order valence-electron chi connectivity index (χ3n) is 5.05. The van der Waals surface area contributed by atoms with Crippen molar-refractivity contribution in [3.05, 3.63) is 46.5 Å². The summed E-state index contributed by atoms with van der Waals surface area (Å²) in [5.74, 6) is 1.04. The van der Waals surface area contributed by atoms with Crippen LogP contribution in [0.5, 0.6) is 0 Å². The summed E-state index contributed by atoms with van der Waals surface area (Å²) in [6.45, 7) is 1.96. The molecule has 8 heteroatoms. The minimum atomic E-state index is -0.176. The van der Waals surface area contributed by atoms with Gasteiger partial charge in [0.25, 0.3) is 0 Å². The predicted octanol–water partition coefficient (Wildman–Crippen LogP) is 2.88. The molecular formula is C19H21BrN6O. The smallest absolute Gasteiger partial charge is 0.228 e. The summed E-state index contributed by atoms with van der Waals surface area (Å²) in [5, 5.41) is 0. The Morgan fingerprint density at radius 3 is 2.70 bits per heavy atom. The molecule has 3 aromatic rings. The van der Waals surface area contributed by atoms with E-state index in [2.05, 4.69) is 54.8 Å². The van der Waals surface area contributed by atoms with Crippen molar-refractivity contribution in [2.45, 2.75) is 18.9 Å². The van der Waals surface area contributed by atoms with Crippen LogP contribution in [0.1, 0.15) is 29.0 Å². The molecule has 1 aliphatic heterocycles. The summed E-state index contributed by atoms with van der Waals surface area (Å²) in [6, 6.07) is 7.89. The first-order chi connectivity index (χ1) is 13.0. The van der Waals surface area contributed by atoms with Gasteiger partial charge in [0.05, 0.1) is 0 Å². The van der Waals surface area contributed by atoms with E-state index in [1.165, 1.54) is 0 Å². The van der Waals surface area contributed by atoms with E-state index in [-0.39, 0.29) is 5.78 Å². The van der Waals surface area contributed by atoms with E-state index in [1.54, 1.807) is 18.3 Å². The van der Waals surface area contributed by atoms with E-state index < -0.39 is 0 Å². The molecule has 4 heterocycles. The molecule has 0 spiro atoms. The van der Waals surface area contributed by atoms with E-state index in [4.69, 9.17) is 4.98 Å². The van der Waals surface area contributed by atoms with Crippen LogP contribution in [-0.4, -0.2) is 63.8 Å². The second-order valence-electron chi connectivity index (χ2n) is 7.00. The Hall–Kier alpha value is -2.32. The number of carbonyl (C=O) groups excluding carboxylic acids is 1. The van der Waals surface area contributed by atoms with E-state index in [1.807, 2.05) is 12.1 Å². The monoisotopic (exact) mass is 428 g/mol. The Labute approximate surface area is 166 Å². The van der Waals surface area contributed by atoms with Crippen LogP contribution in [-0.2, 0) is 0 Å². The Morgan fingerprint density at radius 2 is 2.00 bits per heavy atom. The number of hydrogen-bond acceptors (Lipinski definition) is 6. The van der Waals surface area contributed by atoms with Gasteiger partial charge in [-0.25, -0.2) is 15.0 Å². The number of nitrogens with zero attached hydrogens (tertiary/aromatic N) is 5. The van der Waals surface area contributed by atoms with Gasteiger partial charge in [-0.15, -0.1) is 0 Å². The fourth-order valence-corrected chi connectivity index (χ4v) is 3.82. The minimum absolute atomic E-state index is 0.176. The number of hydrogen-bond donors (Lipinski definition) is 1.